The zero-order valence-corrected chi connectivity index (χ0v) is 13.0. The normalized spacial score (nSPS) is 10.9. The first kappa shape index (κ1) is 17.1. The summed E-state index contributed by atoms with van der Waals surface area (Å²) < 4.78 is 16.1. The molecular formula is C13H15N5O6. The van der Waals surface area contributed by atoms with Crippen LogP contribution in [0.1, 0.15) is 5.56 Å². The number of hydrogen-bond acceptors (Lipinski definition) is 8. The molecule has 0 aliphatic carbocycles. The number of aromatic nitrogens is 2. The third-order valence-corrected chi connectivity index (χ3v) is 2.74. The topological polar surface area (TPSA) is 134 Å². The van der Waals surface area contributed by atoms with Crippen molar-refractivity contribution in [3.8, 4) is 11.5 Å². The summed E-state index contributed by atoms with van der Waals surface area (Å²) in [6, 6.07) is 2.67. The molecule has 2 aromatic heterocycles. The monoisotopic (exact) mass is 337 g/mol. The fourth-order valence-electron chi connectivity index (χ4n) is 1.75. The van der Waals surface area contributed by atoms with E-state index in [0.29, 0.717) is 11.3 Å². The van der Waals surface area contributed by atoms with Gasteiger partial charge in [0.2, 0.25) is 0 Å². The van der Waals surface area contributed by atoms with Crippen molar-refractivity contribution < 1.29 is 23.6 Å². The van der Waals surface area contributed by atoms with Crippen LogP contribution in [0.15, 0.2) is 27.8 Å². The fourth-order valence-corrected chi connectivity index (χ4v) is 1.75. The lowest BCUT2D eigenvalue weighted by atomic mass is 10.2. The summed E-state index contributed by atoms with van der Waals surface area (Å²) in [6.07, 6.45) is 2.21. The number of rotatable bonds is 7. The lowest BCUT2D eigenvalue weighted by molar-refractivity contribution is -0.401. The van der Waals surface area contributed by atoms with E-state index in [1.807, 2.05) is 0 Å². The maximum absolute atomic E-state index is 11.3. The van der Waals surface area contributed by atoms with E-state index in [-0.39, 0.29) is 19.0 Å². The van der Waals surface area contributed by atoms with Crippen molar-refractivity contribution in [3.05, 3.63) is 34.0 Å². The number of amides is 1. The minimum Gasteiger partial charge on any atom is -0.446 e. The van der Waals surface area contributed by atoms with Crippen LogP contribution in [0.4, 0.5) is 10.7 Å². The smallest absolute Gasteiger partial charge is 0.433 e. The number of hydrogen-bond donors (Lipinski definition) is 1. The van der Waals surface area contributed by atoms with E-state index in [1.54, 1.807) is 13.2 Å². The summed E-state index contributed by atoms with van der Waals surface area (Å²) in [5, 5.41) is 18.6. The van der Waals surface area contributed by atoms with Crippen LogP contribution >= 0.6 is 0 Å². The van der Waals surface area contributed by atoms with Crippen molar-refractivity contribution >= 4 is 18.2 Å². The largest absolute Gasteiger partial charge is 0.446 e. The SMILES string of the molecule is COCCOC(=O)NN=Cc1cn(C)nc1-c1ccc([N+](=O)[O-])o1. The third kappa shape index (κ3) is 4.39. The van der Waals surface area contributed by atoms with E-state index in [1.165, 1.54) is 30.1 Å². The number of methoxy groups -OCH3 is 1. The number of ether oxygens (including phenoxy) is 2. The Kier molecular flexibility index (Phi) is 5.63. The minimum atomic E-state index is -0.734. The van der Waals surface area contributed by atoms with Gasteiger partial charge in [0.1, 0.15) is 17.2 Å². The van der Waals surface area contributed by atoms with Crippen LogP contribution in [-0.4, -0.2) is 47.3 Å². The van der Waals surface area contributed by atoms with E-state index in [2.05, 4.69) is 15.6 Å². The van der Waals surface area contributed by atoms with Crippen molar-refractivity contribution in [1.29, 1.82) is 0 Å². The second kappa shape index (κ2) is 7.87. The molecule has 0 bridgehead atoms. The van der Waals surface area contributed by atoms with Gasteiger partial charge in [-0.15, -0.1) is 0 Å². The molecule has 11 nitrogen and oxygen atoms in total. The molecule has 0 radical (unpaired) electrons. The van der Waals surface area contributed by atoms with Gasteiger partial charge in [-0.05, 0) is 6.07 Å². The molecule has 2 aromatic rings. The molecule has 1 amide bonds. The molecule has 0 aliphatic heterocycles. The van der Waals surface area contributed by atoms with E-state index in [9.17, 15) is 14.9 Å². The van der Waals surface area contributed by atoms with Gasteiger partial charge >= 0.3 is 12.0 Å². The van der Waals surface area contributed by atoms with Gasteiger partial charge < -0.3 is 13.9 Å². The first-order valence-electron chi connectivity index (χ1n) is 6.74. The Morgan fingerprint density at radius 3 is 3.00 bits per heavy atom. The lowest BCUT2D eigenvalue weighted by Crippen LogP contribution is -2.20. The Balaban J connectivity index is 2.07. The molecule has 0 saturated carbocycles. The standard InChI is InChI=1S/C13H15N5O6/c1-17-8-9(7-14-15-13(19)23-6-5-22-2)12(16-17)10-3-4-11(24-10)18(20)21/h3-4,7-8H,5-6H2,1-2H3,(H,15,19). The molecule has 11 heteroatoms. The first-order valence-corrected chi connectivity index (χ1v) is 6.74. The van der Waals surface area contributed by atoms with Crippen LogP contribution in [0.2, 0.25) is 0 Å². The Morgan fingerprint density at radius 1 is 1.54 bits per heavy atom. The quantitative estimate of drug-likeness (QED) is 0.348. The minimum absolute atomic E-state index is 0.103. The highest BCUT2D eigenvalue weighted by Crippen LogP contribution is 2.26. The van der Waals surface area contributed by atoms with Crippen LogP contribution in [0, 0.1) is 10.1 Å². The molecule has 2 rings (SSSR count). The van der Waals surface area contributed by atoms with Crippen LogP contribution in [0.25, 0.3) is 11.5 Å². The molecule has 0 atom stereocenters. The number of hydrazone groups is 1. The molecular weight excluding hydrogens is 322 g/mol. The molecule has 24 heavy (non-hydrogen) atoms. The summed E-state index contributed by atoms with van der Waals surface area (Å²) in [5.41, 5.74) is 3.03. The second-order valence-electron chi connectivity index (χ2n) is 4.50. The average molecular weight is 337 g/mol. The van der Waals surface area contributed by atoms with E-state index in [4.69, 9.17) is 13.9 Å². The number of nitrogens with zero attached hydrogens (tertiary/aromatic N) is 4. The summed E-state index contributed by atoms with van der Waals surface area (Å²) in [6.45, 7) is 0.382. The Morgan fingerprint density at radius 2 is 2.33 bits per heavy atom. The lowest BCUT2D eigenvalue weighted by Gasteiger charge is -2.01. The summed E-state index contributed by atoms with van der Waals surface area (Å²) >= 11 is 0. The highest BCUT2D eigenvalue weighted by molar-refractivity contribution is 5.88. The van der Waals surface area contributed by atoms with Gasteiger partial charge in [0.05, 0.1) is 18.9 Å². The van der Waals surface area contributed by atoms with Crippen LogP contribution in [-0.2, 0) is 16.5 Å². The van der Waals surface area contributed by atoms with Gasteiger partial charge in [-0.3, -0.25) is 14.8 Å². The number of carbonyl (C=O) groups excluding carboxylic acids is 1. The summed E-state index contributed by atoms with van der Waals surface area (Å²) in [5.74, 6) is -0.176. The molecule has 0 spiro atoms. The number of carbonyl (C=O) groups is 1. The molecule has 2 heterocycles. The highest BCUT2D eigenvalue weighted by atomic mass is 16.6. The Bertz CT molecular complexity index is 750. The predicted octanol–water partition coefficient (Wildman–Crippen LogP) is 1.29. The number of aryl methyl sites for hydroxylation is 1. The van der Waals surface area contributed by atoms with E-state index in [0.717, 1.165) is 0 Å². The van der Waals surface area contributed by atoms with E-state index < -0.39 is 16.9 Å². The van der Waals surface area contributed by atoms with E-state index >= 15 is 0 Å². The van der Waals surface area contributed by atoms with Crippen LogP contribution in [0.3, 0.4) is 0 Å². The summed E-state index contributed by atoms with van der Waals surface area (Å²) in [7, 11) is 3.16. The fraction of sp³-hybridized carbons (Fsp3) is 0.308. The zero-order chi connectivity index (χ0) is 17.5. The first-order chi connectivity index (χ1) is 11.5. The highest BCUT2D eigenvalue weighted by Gasteiger charge is 2.17. The number of nitro groups is 1. The Labute approximate surface area is 136 Å². The third-order valence-electron chi connectivity index (χ3n) is 2.74. The molecule has 128 valence electrons. The van der Waals surface area contributed by atoms with Crippen molar-refractivity contribution in [1.82, 2.24) is 15.2 Å². The summed E-state index contributed by atoms with van der Waals surface area (Å²) in [4.78, 5) is 21.4. The van der Waals surface area contributed by atoms with Gasteiger partial charge in [0, 0.05) is 25.9 Å². The number of furan rings is 1. The molecule has 0 aromatic carbocycles. The van der Waals surface area contributed by atoms with Crippen molar-refractivity contribution in [2.24, 2.45) is 12.1 Å². The maximum atomic E-state index is 11.3. The maximum Gasteiger partial charge on any atom is 0.433 e. The molecule has 0 aliphatic rings. The van der Waals surface area contributed by atoms with Gasteiger partial charge in [-0.25, -0.2) is 10.2 Å². The molecule has 0 unspecified atom stereocenters. The van der Waals surface area contributed by atoms with Gasteiger partial charge in [0.25, 0.3) is 0 Å². The van der Waals surface area contributed by atoms with Gasteiger partial charge in [0.15, 0.2) is 5.76 Å². The van der Waals surface area contributed by atoms with Crippen molar-refractivity contribution in [3.63, 3.8) is 0 Å². The van der Waals surface area contributed by atoms with Crippen molar-refractivity contribution in [2.45, 2.75) is 0 Å². The second-order valence-corrected chi connectivity index (χ2v) is 4.50. The van der Waals surface area contributed by atoms with Gasteiger partial charge in [-0.2, -0.15) is 10.2 Å². The molecule has 1 N–H and O–H groups in total. The molecule has 0 fully saturated rings. The van der Waals surface area contributed by atoms with Gasteiger partial charge in [-0.1, -0.05) is 0 Å². The number of nitrogens with one attached hydrogen (secondary N) is 1. The zero-order valence-electron chi connectivity index (χ0n) is 13.0. The Hall–Kier alpha value is -3.21. The van der Waals surface area contributed by atoms with Crippen LogP contribution < -0.4 is 5.43 Å². The van der Waals surface area contributed by atoms with Crippen LogP contribution in [0.5, 0.6) is 0 Å². The predicted molar refractivity (Wildman–Crippen MR) is 81.5 cm³/mol. The van der Waals surface area contributed by atoms with Crippen molar-refractivity contribution in [2.75, 3.05) is 20.3 Å². The molecule has 0 saturated heterocycles. The average Bonchev–Trinajstić information content (AvgIpc) is 3.14.